The summed E-state index contributed by atoms with van der Waals surface area (Å²) in [6.45, 7) is 3.67. The fourth-order valence-electron chi connectivity index (χ4n) is 1.65. The van der Waals surface area contributed by atoms with Crippen LogP contribution in [0.1, 0.15) is 22.0 Å². The highest BCUT2D eigenvalue weighted by molar-refractivity contribution is 5.84. The van der Waals surface area contributed by atoms with Gasteiger partial charge in [-0.1, -0.05) is 18.2 Å². The molecule has 4 heteroatoms. The number of para-hydroxylation sites is 1. The molecule has 0 amide bonds. The maximum atomic E-state index is 11.1. The first-order chi connectivity index (χ1) is 7.61. The van der Waals surface area contributed by atoms with Gasteiger partial charge in [0.1, 0.15) is 0 Å². The molecule has 0 fully saturated rings. The Bertz CT molecular complexity index is 529. The average molecular weight is 216 g/mol. The van der Waals surface area contributed by atoms with Gasteiger partial charge in [0.2, 0.25) is 5.82 Å². The first kappa shape index (κ1) is 10.4. The summed E-state index contributed by atoms with van der Waals surface area (Å²) >= 11 is 0. The Balaban J connectivity index is 2.68. The van der Waals surface area contributed by atoms with Crippen molar-refractivity contribution in [1.82, 2.24) is 9.55 Å². The smallest absolute Gasteiger partial charge is 0.372 e. The lowest BCUT2D eigenvalue weighted by molar-refractivity contribution is 0.0681. The summed E-state index contributed by atoms with van der Waals surface area (Å²) in [7, 11) is 0. The molecule has 0 aliphatic carbocycles. The molecule has 4 nitrogen and oxygen atoms in total. The Hall–Kier alpha value is -2.10. The van der Waals surface area contributed by atoms with Crippen molar-refractivity contribution in [2.75, 3.05) is 0 Å². The number of imidazole rings is 1. The second-order valence-corrected chi connectivity index (χ2v) is 3.58. The Morgan fingerprint density at radius 2 is 1.88 bits per heavy atom. The number of aromatic nitrogens is 2. The van der Waals surface area contributed by atoms with E-state index in [1.54, 1.807) is 11.5 Å². The zero-order valence-corrected chi connectivity index (χ0v) is 9.14. The average Bonchev–Trinajstić information content (AvgIpc) is 2.57. The molecule has 0 saturated heterocycles. The van der Waals surface area contributed by atoms with Crippen molar-refractivity contribution in [2.45, 2.75) is 13.8 Å². The molecule has 1 aromatic heterocycles. The molecular weight excluding hydrogens is 204 g/mol. The predicted molar refractivity (Wildman–Crippen MR) is 60.0 cm³/mol. The summed E-state index contributed by atoms with van der Waals surface area (Å²) in [6.07, 6.45) is 0. The third kappa shape index (κ3) is 1.58. The van der Waals surface area contributed by atoms with E-state index in [0.717, 1.165) is 17.1 Å². The van der Waals surface area contributed by atoms with Crippen molar-refractivity contribution >= 4 is 5.97 Å². The Morgan fingerprint density at radius 3 is 2.44 bits per heavy atom. The van der Waals surface area contributed by atoms with Crippen LogP contribution in [0.4, 0.5) is 0 Å². The molecule has 0 saturated carbocycles. The molecule has 1 aromatic carbocycles. The van der Waals surface area contributed by atoms with E-state index in [1.807, 2.05) is 37.3 Å². The van der Waals surface area contributed by atoms with Crippen molar-refractivity contribution in [3.8, 4) is 5.69 Å². The van der Waals surface area contributed by atoms with Crippen LogP contribution in [0.5, 0.6) is 0 Å². The molecule has 0 radical (unpaired) electrons. The van der Waals surface area contributed by atoms with Gasteiger partial charge in [0.25, 0.3) is 0 Å². The molecule has 0 unspecified atom stereocenters. The lowest BCUT2D eigenvalue weighted by atomic mass is 10.3. The van der Waals surface area contributed by atoms with Crippen LogP contribution in [0.2, 0.25) is 0 Å². The molecule has 0 atom stereocenters. The number of hydrogen-bond acceptors (Lipinski definition) is 2. The second kappa shape index (κ2) is 3.81. The number of carbonyl (C=O) groups is 1. The van der Waals surface area contributed by atoms with Crippen molar-refractivity contribution in [2.24, 2.45) is 0 Å². The van der Waals surface area contributed by atoms with Crippen molar-refractivity contribution in [1.29, 1.82) is 0 Å². The summed E-state index contributed by atoms with van der Waals surface area (Å²) in [5.74, 6) is -0.957. The molecule has 0 bridgehead atoms. The minimum absolute atomic E-state index is 0.0567. The van der Waals surface area contributed by atoms with Crippen LogP contribution in [0.25, 0.3) is 5.69 Å². The first-order valence-electron chi connectivity index (χ1n) is 4.96. The number of hydrogen-bond donors (Lipinski definition) is 1. The van der Waals surface area contributed by atoms with Crippen molar-refractivity contribution in [3.63, 3.8) is 0 Å². The number of carboxylic acids is 1. The molecule has 0 aliphatic heterocycles. The van der Waals surface area contributed by atoms with Crippen LogP contribution in [0.3, 0.4) is 0 Å². The molecule has 2 aromatic rings. The van der Waals surface area contributed by atoms with Gasteiger partial charge in [-0.05, 0) is 26.0 Å². The summed E-state index contributed by atoms with van der Waals surface area (Å²) < 4.78 is 1.65. The van der Waals surface area contributed by atoms with E-state index in [4.69, 9.17) is 5.11 Å². The maximum Gasteiger partial charge on any atom is 0.372 e. The van der Waals surface area contributed by atoms with Crippen LogP contribution in [0.15, 0.2) is 30.3 Å². The molecule has 2 rings (SSSR count). The summed E-state index contributed by atoms with van der Waals surface area (Å²) in [5.41, 5.74) is 2.41. The Morgan fingerprint density at radius 1 is 1.25 bits per heavy atom. The number of rotatable bonds is 2. The van der Waals surface area contributed by atoms with Gasteiger partial charge < -0.3 is 5.11 Å². The topological polar surface area (TPSA) is 55.1 Å². The third-order valence-corrected chi connectivity index (χ3v) is 2.55. The Labute approximate surface area is 93.2 Å². The van der Waals surface area contributed by atoms with Gasteiger partial charge in [-0.3, -0.25) is 4.57 Å². The molecule has 1 N–H and O–H groups in total. The minimum atomic E-state index is -1.01. The lowest BCUT2D eigenvalue weighted by Crippen LogP contribution is -2.08. The van der Waals surface area contributed by atoms with Crippen LogP contribution in [0, 0.1) is 13.8 Å². The minimum Gasteiger partial charge on any atom is -0.475 e. The summed E-state index contributed by atoms with van der Waals surface area (Å²) in [4.78, 5) is 15.1. The highest BCUT2D eigenvalue weighted by Gasteiger charge is 2.17. The number of aromatic carboxylic acids is 1. The van der Waals surface area contributed by atoms with Gasteiger partial charge in [-0.25, -0.2) is 9.78 Å². The number of nitrogens with zero attached hydrogens (tertiary/aromatic N) is 2. The van der Waals surface area contributed by atoms with E-state index in [1.165, 1.54) is 0 Å². The molecule has 0 aliphatic rings. The number of benzene rings is 1. The first-order valence-corrected chi connectivity index (χ1v) is 4.96. The normalized spacial score (nSPS) is 10.4. The van der Waals surface area contributed by atoms with Crippen LogP contribution in [-0.4, -0.2) is 20.6 Å². The van der Waals surface area contributed by atoms with Gasteiger partial charge in [0, 0.05) is 11.4 Å². The zero-order chi connectivity index (χ0) is 11.7. The predicted octanol–water partition coefficient (Wildman–Crippen LogP) is 2.19. The zero-order valence-electron chi connectivity index (χ0n) is 9.14. The van der Waals surface area contributed by atoms with Gasteiger partial charge in [-0.2, -0.15) is 0 Å². The number of aryl methyl sites for hydroxylation is 1. The molecule has 16 heavy (non-hydrogen) atoms. The lowest BCUT2D eigenvalue weighted by Gasteiger charge is -2.07. The summed E-state index contributed by atoms with van der Waals surface area (Å²) in [5, 5.41) is 9.08. The third-order valence-electron chi connectivity index (χ3n) is 2.55. The van der Waals surface area contributed by atoms with Crippen LogP contribution < -0.4 is 0 Å². The highest BCUT2D eigenvalue weighted by atomic mass is 16.4. The SMILES string of the molecule is Cc1nc(C(=O)O)n(-c2ccccc2)c1C. The highest BCUT2D eigenvalue weighted by Crippen LogP contribution is 2.17. The maximum absolute atomic E-state index is 11.1. The molecule has 82 valence electrons. The number of carboxylic acid groups (broad SMARTS) is 1. The Kier molecular flexibility index (Phi) is 2.48. The van der Waals surface area contributed by atoms with Gasteiger partial charge in [0.05, 0.1) is 5.69 Å². The fraction of sp³-hybridized carbons (Fsp3) is 0.167. The standard InChI is InChI=1S/C12H12N2O2/c1-8-9(2)14(11(13-8)12(15)16)10-6-4-3-5-7-10/h3-7H,1-2H3,(H,15,16). The van der Waals surface area contributed by atoms with Crippen molar-refractivity contribution in [3.05, 3.63) is 47.5 Å². The second-order valence-electron chi connectivity index (χ2n) is 3.58. The van der Waals surface area contributed by atoms with E-state index in [-0.39, 0.29) is 5.82 Å². The summed E-state index contributed by atoms with van der Waals surface area (Å²) in [6, 6.07) is 9.36. The fourth-order valence-corrected chi connectivity index (χ4v) is 1.65. The van der Waals surface area contributed by atoms with Gasteiger partial charge in [0.15, 0.2) is 0 Å². The molecule has 0 spiro atoms. The van der Waals surface area contributed by atoms with Crippen LogP contribution in [-0.2, 0) is 0 Å². The van der Waals surface area contributed by atoms with Gasteiger partial charge >= 0.3 is 5.97 Å². The quantitative estimate of drug-likeness (QED) is 0.837. The van der Waals surface area contributed by atoms with Crippen LogP contribution >= 0.6 is 0 Å². The molecular formula is C12H12N2O2. The van der Waals surface area contributed by atoms with E-state index >= 15 is 0 Å². The van der Waals surface area contributed by atoms with Gasteiger partial charge in [-0.15, -0.1) is 0 Å². The van der Waals surface area contributed by atoms with E-state index < -0.39 is 5.97 Å². The van der Waals surface area contributed by atoms with Crippen molar-refractivity contribution < 1.29 is 9.90 Å². The van der Waals surface area contributed by atoms with E-state index in [0.29, 0.717) is 0 Å². The monoisotopic (exact) mass is 216 g/mol. The van der Waals surface area contributed by atoms with E-state index in [2.05, 4.69) is 4.98 Å². The largest absolute Gasteiger partial charge is 0.475 e. The van der Waals surface area contributed by atoms with E-state index in [9.17, 15) is 4.79 Å². The molecule has 1 heterocycles.